The van der Waals surface area contributed by atoms with Gasteiger partial charge in [0, 0.05) is 11.5 Å². The van der Waals surface area contributed by atoms with Crippen molar-refractivity contribution in [3.63, 3.8) is 0 Å². The molecule has 0 amide bonds. The highest BCUT2D eigenvalue weighted by atomic mass is 15.4. The van der Waals surface area contributed by atoms with Crippen LogP contribution in [0.25, 0.3) is 0 Å². The number of hydrogen-bond donors (Lipinski definition) is 0. The van der Waals surface area contributed by atoms with Crippen molar-refractivity contribution in [2.45, 2.75) is 52.5 Å². The maximum atomic E-state index is 2.45. The average molecular weight is 260 g/mol. The molecule has 1 aliphatic heterocycles. The van der Waals surface area contributed by atoms with Gasteiger partial charge in [-0.3, -0.25) is 0 Å². The molecule has 0 bridgehead atoms. The molecule has 2 rings (SSSR count). The minimum absolute atomic E-state index is 0.867. The maximum Gasteiger partial charge on any atom is 0.104 e. The lowest BCUT2D eigenvalue weighted by molar-refractivity contribution is -0.947. The molecule has 1 fully saturated rings. The highest BCUT2D eigenvalue weighted by Gasteiger charge is 2.31. The predicted octanol–water partition coefficient (Wildman–Crippen LogP) is 4.62. The number of likely N-dealkylation sites (tertiary alicyclic amines) is 1. The van der Waals surface area contributed by atoms with Crippen LogP contribution in [-0.4, -0.2) is 24.1 Å². The first-order valence-corrected chi connectivity index (χ1v) is 8.13. The molecule has 0 aliphatic carbocycles. The van der Waals surface area contributed by atoms with Gasteiger partial charge in [-0.15, -0.1) is 0 Å². The second-order valence-electron chi connectivity index (χ2n) is 6.57. The van der Waals surface area contributed by atoms with Gasteiger partial charge in [-0.2, -0.15) is 0 Å². The van der Waals surface area contributed by atoms with E-state index in [1.807, 2.05) is 0 Å². The van der Waals surface area contributed by atoms with Gasteiger partial charge in [0.1, 0.15) is 6.54 Å². The Hall–Kier alpha value is -0.820. The Balaban J connectivity index is 2.05. The number of quaternary nitrogens is 1. The van der Waals surface area contributed by atoms with Crippen molar-refractivity contribution in [1.82, 2.24) is 0 Å². The summed E-state index contributed by atoms with van der Waals surface area (Å²) in [5, 5.41) is 0. The molecule has 0 spiro atoms. The standard InChI is InChI=1S/C18H30N/c1-3-10-17(2)15-19(13-8-5-9-14-19)16-18-11-6-4-7-12-18/h4,6-7,11-12,17H,3,5,8-10,13-16H2,1-2H3/q+1. The van der Waals surface area contributed by atoms with Gasteiger partial charge in [-0.25, -0.2) is 0 Å². The minimum atomic E-state index is 0.867. The molecule has 1 aliphatic rings. The molecule has 0 N–H and O–H groups in total. The predicted molar refractivity (Wildman–Crippen MR) is 82.9 cm³/mol. The van der Waals surface area contributed by atoms with Crippen LogP contribution < -0.4 is 0 Å². The van der Waals surface area contributed by atoms with Gasteiger partial charge in [0.15, 0.2) is 0 Å². The number of rotatable bonds is 6. The largest absolute Gasteiger partial charge is 0.320 e. The van der Waals surface area contributed by atoms with Crippen LogP contribution >= 0.6 is 0 Å². The summed E-state index contributed by atoms with van der Waals surface area (Å²) in [6.07, 6.45) is 7.00. The van der Waals surface area contributed by atoms with Crippen molar-refractivity contribution in [3.05, 3.63) is 35.9 Å². The molecule has 1 saturated heterocycles. The Morgan fingerprint density at radius 1 is 1.05 bits per heavy atom. The molecule has 1 aromatic rings. The van der Waals surface area contributed by atoms with Crippen molar-refractivity contribution >= 4 is 0 Å². The van der Waals surface area contributed by atoms with E-state index in [0.717, 1.165) is 5.92 Å². The Labute approximate surface area is 119 Å². The first-order chi connectivity index (χ1) is 9.24. The zero-order valence-electron chi connectivity index (χ0n) is 12.8. The lowest BCUT2D eigenvalue weighted by Gasteiger charge is -2.43. The van der Waals surface area contributed by atoms with E-state index in [-0.39, 0.29) is 0 Å². The van der Waals surface area contributed by atoms with E-state index in [0.29, 0.717) is 0 Å². The van der Waals surface area contributed by atoms with Crippen molar-refractivity contribution in [3.8, 4) is 0 Å². The Morgan fingerprint density at radius 3 is 2.37 bits per heavy atom. The molecule has 1 heteroatoms. The van der Waals surface area contributed by atoms with Crippen LogP contribution in [0.1, 0.15) is 51.5 Å². The van der Waals surface area contributed by atoms with E-state index in [2.05, 4.69) is 44.2 Å². The fraction of sp³-hybridized carbons (Fsp3) is 0.667. The number of benzene rings is 1. The monoisotopic (exact) mass is 260 g/mol. The van der Waals surface area contributed by atoms with E-state index in [4.69, 9.17) is 0 Å². The number of piperidine rings is 1. The minimum Gasteiger partial charge on any atom is -0.320 e. The van der Waals surface area contributed by atoms with Crippen LogP contribution in [-0.2, 0) is 6.54 Å². The molecular weight excluding hydrogens is 230 g/mol. The molecular formula is C18H30N+. The van der Waals surface area contributed by atoms with Crippen molar-refractivity contribution in [1.29, 1.82) is 0 Å². The average Bonchev–Trinajstić information content (AvgIpc) is 2.40. The zero-order chi connectivity index (χ0) is 13.6. The van der Waals surface area contributed by atoms with Crippen LogP contribution in [0, 0.1) is 5.92 Å². The van der Waals surface area contributed by atoms with Crippen molar-refractivity contribution in [2.75, 3.05) is 19.6 Å². The maximum absolute atomic E-state index is 2.45. The molecule has 19 heavy (non-hydrogen) atoms. The molecule has 1 aromatic carbocycles. The Bertz CT molecular complexity index is 351. The second-order valence-corrected chi connectivity index (χ2v) is 6.57. The summed E-state index contributed by atoms with van der Waals surface area (Å²) < 4.78 is 1.34. The normalized spacial score (nSPS) is 20.1. The fourth-order valence-electron chi connectivity index (χ4n) is 3.80. The topological polar surface area (TPSA) is 0 Å². The highest BCUT2D eigenvalue weighted by Crippen LogP contribution is 2.25. The van der Waals surface area contributed by atoms with Gasteiger partial charge in [-0.1, -0.05) is 50.6 Å². The van der Waals surface area contributed by atoms with Crippen LogP contribution in [0.5, 0.6) is 0 Å². The van der Waals surface area contributed by atoms with Gasteiger partial charge in [0.05, 0.1) is 19.6 Å². The third kappa shape index (κ3) is 4.35. The van der Waals surface area contributed by atoms with Gasteiger partial charge in [0.2, 0.25) is 0 Å². The summed E-state index contributed by atoms with van der Waals surface area (Å²) >= 11 is 0. The third-order valence-corrected chi connectivity index (χ3v) is 4.61. The molecule has 0 saturated carbocycles. The van der Waals surface area contributed by atoms with Crippen molar-refractivity contribution < 1.29 is 4.48 Å². The summed E-state index contributed by atoms with van der Waals surface area (Å²) in [5.74, 6) is 0.867. The highest BCUT2D eigenvalue weighted by molar-refractivity contribution is 5.13. The number of nitrogens with zero attached hydrogens (tertiary/aromatic N) is 1. The fourth-order valence-corrected chi connectivity index (χ4v) is 3.80. The Kier molecular flexibility index (Phi) is 5.45. The van der Waals surface area contributed by atoms with E-state index in [1.54, 1.807) is 0 Å². The first kappa shape index (κ1) is 14.6. The zero-order valence-corrected chi connectivity index (χ0v) is 12.8. The lowest BCUT2D eigenvalue weighted by atomic mass is 9.99. The van der Waals surface area contributed by atoms with Crippen LogP contribution in [0.4, 0.5) is 0 Å². The molecule has 1 nitrogen and oxygen atoms in total. The van der Waals surface area contributed by atoms with Gasteiger partial charge in [0.25, 0.3) is 0 Å². The first-order valence-electron chi connectivity index (χ1n) is 8.13. The van der Waals surface area contributed by atoms with E-state index >= 15 is 0 Å². The second kappa shape index (κ2) is 7.09. The summed E-state index contributed by atoms with van der Waals surface area (Å²) in [6, 6.07) is 11.1. The lowest BCUT2D eigenvalue weighted by Crippen LogP contribution is -2.52. The van der Waals surface area contributed by atoms with Crippen LogP contribution in [0.15, 0.2) is 30.3 Å². The third-order valence-electron chi connectivity index (χ3n) is 4.61. The molecule has 1 unspecified atom stereocenters. The van der Waals surface area contributed by atoms with Gasteiger partial charge in [-0.05, 0) is 25.7 Å². The smallest absolute Gasteiger partial charge is 0.104 e. The van der Waals surface area contributed by atoms with E-state index in [1.165, 1.54) is 68.3 Å². The van der Waals surface area contributed by atoms with E-state index < -0.39 is 0 Å². The van der Waals surface area contributed by atoms with Gasteiger partial charge >= 0.3 is 0 Å². The number of hydrogen-bond acceptors (Lipinski definition) is 0. The molecule has 1 atom stereocenters. The summed E-state index contributed by atoms with van der Waals surface area (Å²) in [5.41, 5.74) is 1.52. The Morgan fingerprint density at radius 2 is 1.74 bits per heavy atom. The molecule has 0 aromatic heterocycles. The van der Waals surface area contributed by atoms with Crippen LogP contribution in [0.2, 0.25) is 0 Å². The quantitative estimate of drug-likeness (QED) is 0.655. The van der Waals surface area contributed by atoms with E-state index in [9.17, 15) is 0 Å². The SMILES string of the molecule is CCCC(C)C[N+]1(Cc2ccccc2)CCCCC1. The molecule has 106 valence electrons. The van der Waals surface area contributed by atoms with Crippen LogP contribution in [0.3, 0.4) is 0 Å². The van der Waals surface area contributed by atoms with Crippen molar-refractivity contribution in [2.24, 2.45) is 5.92 Å². The summed E-state index contributed by atoms with van der Waals surface area (Å²) in [7, 11) is 0. The van der Waals surface area contributed by atoms with Gasteiger partial charge < -0.3 is 4.48 Å². The summed E-state index contributed by atoms with van der Waals surface area (Å²) in [6.45, 7) is 10.2. The molecule has 1 heterocycles. The summed E-state index contributed by atoms with van der Waals surface area (Å²) in [4.78, 5) is 0. The molecule has 0 radical (unpaired) electrons.